The fourth-order valence-electron chi connectivity index (χ4n) is 0. The molecular weight excluding hydrogens is 721 g/mol. The predicted octanol–water partition coefficient (Wildman–Crippen LogP) is -1.95. The Hall–Kier alpha value is 5.16. The van der Waals surface area contributed by atoms with Gasteiger partial charge >= 0.3 is 96.2 Å². The van der Waals surface area contributed by atoms with Crippen molar-refractivity contribution in [1.29, 1.82) is 0 Å². The van der Waals surface area contributed by atoms with E-state index in [0.29, 0.717) is 0 Å². The van der Waals surface area contributed by atoms with E-state index in [1.54, 1.807) is 0 Å². The molecule has 0 spiro atoms. The van der Waals surface area contributed by atoms with Gasteiger partial charge in [-0.15, -0.1) is 71.9 Å². The third kappa shape index (κ3) is 17.6. The van der Waals surface area contributed by atoms with Crippen molar-refractivity contribution >= 4 is 99.2 Å². The topological polar surface area (TPSA) is 0 Å². The average Bonchev–Trinajstić information content (AvgIpc) is 0. The third-order valence-corrected chi connectivity index (χ3v) is 0. The van der Waals surface area contributed by atoms with Crippen molar-refractivity contribution in [2.24, 2.45) is 0 Å². The van der Waals surface area contributed by atoms with E-state index >= 15 is 0 Å². The van der Waals surface area contributed by atoms with Crippen LogP contribution in [0.25, 0.3) is 0 Å². The maximum atomic E-state index is 0. The van der Waals surface area contributed by atoms with Crippen LogP contribution in [0, 0.1) is 0 Å². The summed E-state index contributed by atoms with van der Waals surface area (Å²) >= 11 is 0. The maximum absolute atomic E-state index is 0. The molecule has 5 heavy (non-hydrogen) atoms. The Kier molecular flexibility index (Phi) is 147. The predicted molar refractivity (Wildman–Crippen MR) is 55.9 cm³/mol. The number of halogens is 3. The molecule has 0 amide bonds. The minimum absolute atomic E-state index is 0. The van der Waals surface area contributed by atoms with Crippen molar-refractivity contribution < 1.29 is 70.3 Å². The van der Waals surface area contributed by atoms with Gasteiger partial charge in [-0.3, -0.25) is 0 Å². The molecule has 0 aliphatic rings. The van der Waals surface area contributed by atoms with E-state index in [2.05, 4.69) is 0 Å². The molecule has 0 bridgehead atoms. The monoisotopic (exact) mass is 728 g/mol. The van der Waals surface area contributed by atoms with E-state index in [1.165, 1.54) is 0 Å². The first-order valence-electron chi connectivity index (χ1n) is 0. The molecule has 0 fully saturated rings. The van der Waals surface area contributed by atoms with Crippen LogP contribution >= 0.6 is 71.9 Å². The van der Waals surface area contributed by atoms with Gasteiger partial charge < -0.3 is 1.43 Å². The standard InChI is InChI=1S/Cs.3HI.Pb.3H/h;3*1H;;;;/q+1;;;;;;;-1. The van der Waals surface area contributed by atoms with Crippen molar-refractivity contribution in [2.75, 3.05) is 0 Å². The molecule has 0 aromatic heterocycles. The number of hydrogen-bond donors (Lipinski definition) is 0. The molecule has 0 aromatic rings. The van der Waals surface area contributed by atoms with Gasteiger partial charge in [0, 0.05) is 0 Å². The van der Waals surface area contributed by atoms with Crippen LogP contribution in [0.5, 0.6) is 0 Å². The summed E-state index contributed by atoms with van der Waals surface area (Å²) in [6.07, 6.45) is 0. The van der Waals surface area contributed by atoms with Crippen LogP contribution in [0.4, 0.5) is 0 Å². The first kappa shape index (κ1) is 32.0. The summed E-state index contributed by atoms with van der Waals surface area (Å²) in [4.78, 5) is 0. The second-order valence-electron chi connectivity index (χ2n) is 0. The Morgan fingerprint density at radius 1 is 0.800 bits per heavy atom. The molecule has 0 nitrogen and oxygen atoms in total. The summed E-state index contributed by atoms with van der Waals surface area (Å²) in [7, 11) is 0. The molecule has 0 aliphatic heterocycles. The van der Waals surface area contributed by atoms with E-state index in [1.807, 2.05) is 0 Å². The van der Waals surface area contributed by atoms with E-state index in [4.69, 9.17) is 0 Å². The summed E-state index contributed by atoms with van der Waals surface area (Å²) in [5, 5.41) is 0. The van der Waals surface area contributed by atoms with Crippen LogP contribution in [0.1, 0.15) is 1.43 Å². The molecule has 0 rings (SSSR count). The van der Waals surface area contributed by atoms with Crippen molar-refractivity contribution in [3.05, 3.63) is 0 Å². The van der Waals surface area contributed by atoms with E-state index in [0.717, 1.165) is 0 Å². The summed E-state index contributed by atoms with van der Waals surface area (Å²) in [5.74, 6) is 0. The molecule has 0 atom stereocenters. The van der Waals surface area contributed by atoms with Gasteiger partial charge in [0.15, 0.2) is 0 Å². The molecule has 0 aliphatic carbocycles. The summed E-state index contributed by atoms with van der Waals surface area (Å²) < 4.78 is 0. The first-order chi connectivity index (χ1) is 0. The van der Waals surface area contributed by atoms with Crippen LogP contribution < -0.4 is 68.9 Å². The normalized spacial score (nSPS) is 0. The first-order valence-corrected chi connectivity index (χ1v) is 0. The average molecular weight is 727 g/mol. The van der Waals surface area contributed by atoms with E-state index in [9.17, 15) is 0 Å². The zero-order chi connectivity index (χ0) is 0. The minimum atomic E-state index is 0. The van der Waals surface area contributed by atoms with Crippen LogP contribution in [0.2, 0.25) is 0 Å². The molecule has 0 unspecified atom stereocenters. The van der Waals surface area contributed by atoms with Crippen LogP contribution in [-0.2, 0) is 0 Å². The Morgan fingerprint density at radius 3 is 0.800 bits per heavy atom. The molecular formula is H6CsI3Pb. The molecule has 0 heterocycles. The number of rotatable bonds is 0. The Morgan fingerprint density at radius 2 is 0.800 bits per heavy atom. The second kappa shape index (κ2) is 22.9. The van der Waals surface area contributed by atoms with Crippen LogP contribution in [0.15, 0.2) is 0 Å². The van der Waals surface area contributed by atoms with Crippen molar-refractivity contribution in [2.45, 2.75) is 0 Å². The van der Waals surface area contributed by atoms with Gasteiger partial charge in [0.2, 0.25) is 0 Å². The second-order valence-corrected chi connectivity index (χ2v) is 0. The van der Waals surface area contributed by atoms with Crippen molar-refractivity contribution in [3.63, 3.8) is 0 Å². The fourth-order valence-corrected chi connectivity index (χ4v) is 0. The molecule has 0 saturated heterocycles. The van der Waals surface area contributed by atoms with Crippen LogP contribution in [-0.4, -0.2) is 27.3 Å². The van der Waals surface area contributed by atoms with Gasteiger partial charge in [0.05, 0.1) is 0 Å². The van der Waals surface area contributed by atoms with Crippen molar-refractivity contribution in [3.8, 4) is 0 Å². The number of hydrogen-bond acceptors (Lipinski definition) is 0. The summed E-state index contributed by atoms with van der Waals surface area (Å²) in [6.45, 7) is 0. The summed E-state index contributed by atoms with van der Waals surface area (Å²) in [6, 6.07) is 0. The van der Waals surface area contributed by atoms with E-state index in [-0.39, 0.29) is 170 Å². The molecule has 5 heteroatoms. The zero-order valence-corrected chi connectivity index (χ0v) is 21.7. The van der Waals surface area contributed by atoms with Gasteiger partial charge in [0.25, 0.3) is 0 Å². The van der Waals surface area contributed by atoms with Gasteiger partial charge in [-0.25, -0.2) is 0 Å². The quantitative estimate of drug-likeness (QED) is 0.202. The third-order valence-electron chi connectivity index (χ3n) is 0. The van der Waals surface area contributed by atoms with Gasteiger partial charge in [-0.1, -0.05) is 0 Å². The molecule has 32 valence electrons. The van der Waals surface area contributed by atoms with Gasteiger partial charge in [0.1, 0.15) is 0 Å². The Labute approximate surface area is 164 Å². The van der Waals surface area contributed by atoms with Gasteiger partial charge in [-0.2, -0.15) is 0 Å². The van der Waals surface area contributed by atoms with Crippen LogP contribution in [0.3, 0.4) is 0 Å². The Bertz CT molecular complexity index is 10.8. The molecule has 0 saturated carbocycles. The fraction of sp³-hybridized carbons (Fsp3) is 0. The molecule has 0 N–H and O–H groups in total. The molecule has 0 aromatic carbocycles. The summed E-state index contributed by atoms with van der Waals surface area (Å²) in [5.41, 5.74) is 0. The van der Waals surface area contributed by atoms with E-state index < -0.39 is 0 Å². The SMILES string of the molecule is I.I.I.[Cs+].[H-].[PbH2]. The van der Waals surface area contributed by atoms with Gasteiger partial charge in [-0.05, 0) is 0 Å². The zero-order valence-electron chi connectivity index (χ0n) is 3.93. The molecule has 2 radical (unpaired) electrons. The van der Waals surface area contributed by atoms with Crippen molar-refractivity contribution in [1.82, 2.24) is 0 Å². The Balaban J connectivity index is 0.